The Balaban J connectivity index is 1.62. The number of nitrogens with one attached hydrogen (secondary N) is 2. The van der Waals surface area contributed by atoms with Crippen molar-refractivity contribution >= 4 is 33.2 Å². The number of sulfonamides is 1. The molecule has 33 heavy (non-hydrogen) atoms. The number of rotatable bonds is 5. The summed E-state index contributed by atoms with van der Waals surface area (Å²) in [7, 11) is -3.55. The van der Waals surface area contributed by atoms with Crippen LogP contribution in [-0.2, 0) is 14.8 Å². The predicted octanol–water partition coefficient (Wildman–Crippen LogP) is 3.73. The molecule has 2 aromatic carbocycles. The second-order valence-electron chi connectivity index (χ2n) is 9.29. The number of ether oxygens (including phenoxy) is 1. The molecule has 8 nitrogen and oxygen atoms in total. The van der Waals surface area contributed by atoms with Gasteiger partial charge in [-0.25, -0.2) is 8.42 Å². The Morgan fingerprint density at radius 2 is 1.36 bits per heavy atom. The fraction of sp³-hybridized carbons (Fsp3) is 0.417. The fourth-order valence-corrected chi connectivity index (χ4v) is 4.18. The van der Waals surface area contributed by atoms with Crippen LogP contribution in [0.5, 0.6) is 0 Å². The average molecular weight is 474 g/mol. The van der Waals surface area contributed by atoms with Crippen LogP contribution in [0.4, 0.5) is 11.4 Å². The van der Waals surface area contributed by atoms with Crippen LogP contribution < -0.4 is 10.0 Å². The summed E-state index contributed by atoms with van der Waals surface area (Å²) >= 11 is 0. The van der Waals surface area contributed by atoms with Gasteiger partial charge in [-0.1, -0.05) is 0 Å². The number of hydrogen-bond acceptors (Lipinski definition) is 5. The lowest BCUT2D eigenvalue weighted by Gasteiger charge is -2.35. The Hall–Kier alpha value is -2.91. The second kappa shape index (κ2) is 9.52. The van der Waals surface area contributed by atoms with Gasteiger partial charge in [0.05, 0.1) is 17.0 Å². The normalized spacial score (nSPS) is 19.1. The van der Waals surface area contributed by atoms with Crippen LogP contribution in [0.15, 0.2) is 48.5 Å². The van der Waals surface area contributed by atoms with Gasteiger partial charge >= 0.3 is 0 Å². The van der Waals surface area contributed by atoms with Crippen LogP contribution in [-0.4, -0.2) is 55.2 Å². The van der Waals surface area contributed by atoms with Gasteiger partial charge in [-0.2, -0.15) is 0 Å². The minimum atomic E-state index is -3.55. The SMILES string of the molecule is CC1CN(C(=O)c2ccc(NC(=O)c3ccc(NS(=O)(=O)C(C)(C)C)cc3)cc2)CC(C)O1. The maximum atomic E-state index is 12.8. The molecule has 0 spiro atoms. The van der Waals surface area contributed by atoms with Crippen molar-refractivity contribution in [2.75, 3.05) is 23.1 Å². The van der Waals surface area contributed by atoms with Gasteiger partial charge in [0, 0.05) is 35.6 Å². The van der Waals surface area contributed by atoms with Crippen LogP contribution in [0.2, 0.25) is 0 Å². The van der Waals surface area contributed by atoms with E-state index in [1.165, 1.54) is 0 Å². The molecule has 2 aromatic rings. The summed E-state index contributed by atoms with van der Waals surface area (Å²) in [4.78, 5) is 27.1. The quantitative estimate of drug-likeness (QED) is 0.689. The van der Waals surface area contributed by atoms with Crippen LogP contribution in [0.3, 0.4) is 0 Å². The molecule has 1 aliphatic heterocycles. The van der Waals surface area contributed by atoms with Crippen molar-refractivity contribution in [3.05, 3.63) is 59.7 Å². The molecule has 1 heterocycles. The lowest BCUT2D eigenvalue weighted by molar-refractivity contribution is -0.0586. The molecular weight excluding hydrogens is 442 g/mol. The van der Waals surface area contributed by atoms with E-state index in [0.29, 0.717) is 35.6 Å². The van der Waals surface area contributed by atoms with Gasteiger partial charge in [-0.3, -0.25) is 14.3 Å². The van der Waals surface area contributed by atoms with Gasteiger partial charge in [-0.15, -0.1) is 0 Å². The van der Waals surface area contributed by atoms with E-state index in [4.69, 9.17) is 4.74 Å². The molecule has 2 atom stereocenters. The van der Waals surface area contributed by atoms with E-state index in [1.54, 1.807) is 74.2 Å². The Kier molecular flexibility index (Phi) is 7.14. The third kappa shape index (κ3) is 6.11. The molecule has 2 unspecified atom stereocenters. The number of morpholine rings is 1. The van der Waals surface area contributed by atoms with Crippen LogP contribution in [0.1, 0.15) is 55.3 Å². The Labute approximate surface area is 195 Å². The number of anilines is 2. The zero-order valence-electron chi connectivity index (χ0n) is 19.6. The number of nitrogens with zero attached hydrogens (tertiary/aromatic N) is 1. The highest BCUT2D eigenvalue weighted by Crippen LogP contribution is 2.21. The number of carbonyl (C=O) groups is 2. The van der Waals surface area contributed by atoms with Crippen molar-refractivity contribution in [1.29, 1.82) is 0 Å². The van der Waals surface area contributed by atoms with Crippen molar-refractivity contribution in [1.82, 2.24) is 4.90 Å². The first-order valence-corrected chi connectivity index (χ1v) is 12.3. The number of carbonyl (C=O) groups excluding carboxylic acids is 2. The van der Waals surface area contributed by atoms with E-state index < -0.39 is 14.8 Å². The second-order valence-corrected chi connectivity index (χ2v) is 11.7. The number of hydrogen-bond donors (Lipinski definition) is 2. The number of amides is 2. The third-order valence-corrected chi connectivity index (χ3v) is 7.42. The van der Waals surface area contributed by atoms with Crippen molar-refractivity contribution in [3.8, 4) is 0 Å². The van der Waals surface area contributed by atoms with Crippen LogP contribution in [0, 0.1) is 0 Å². The first kappa shape index (κ1) is 24.7. The van der Waals surface area contributed by atoms with E-state index in [-0.39, 0.29) is 24.0 Å². The minimum Gasteiger partial charge on any atom is -0.372 e. The highest BCUT2D eigenvalue weighted by atomic mass is 32.2. The third-order valence-electron chi connectivity index (χ3n) is 5.30. The van der Waals surface area contributed by atoms with Gasteiger partial charge in [-0.05, 0) is 83.1 Å². The molecule has 2 amide bonds. The molecular formula is C24H31N3O5S. The molecule has 3 rings (SSSR count). The van der Waals surface area contributed by atoms with Gasteiger partial charge in [0.1, 0.15) is 0 Å². The summed E-state index contributed by atoms with van der Waals surface area (Å²) in [5.74, 6) is -0.404. The maximum absolute atomic E-state index is 12.8. The topological polar surface area (TPSA) is 105 Å². The van der Waals surface area contributed by atoms with Crippen molar-refractivity contribution in [3.63, 3.8) is 0 Å². The maximum Gasteiger partial charge on any atom is 0.255 e. The lowest BCUT2D eigenvalue weighted by Crippen LogP contribution is -2.48. The smallest absolute Gasteiger partial charge is 0.255 e. The van der Waals surface area contributed by atoms with Gasteiger partial charge in [0.15, 0.2) is 0 Å². The number of benzene rings is 2. The molecule has 178 valence electrons. The van der Waals surface area contributed by atoms with Crippen LogP contribution >= 0.6 is 0 Å². The molecule has 0 radical (unpaired) electrons. The summed E-state index contributed by atoms with van der Waals surface area (Å²) in [6.45, 7) is 9.81. The summed E-state index contributed by atoms with van der Waals surface area (Å²) in [6, 6.07) is 12.9. The van der Waals surface area contributed by atoms with E-state index in [2.05, 4.69) is 10.0 Å². The Morgan fingerprint density at radius 1 is 0.879 bits per heavy atom. The van der Waals surface area contributed by atoms with Gasteiger partial charge in [0.2, 0.25) is 10.0 Å². The van der Waals surface area contributed by atoms with Gasteiger partial charge < -0.3 is 15.0 Å². The zero-order valence-corrected chi connectivity index (χ0v) is 20.4. The Bertz CT molecular complexity index is 1100. The van der Waals surface area contributed by atoms with E-state index in [1.807, 2.05) is 13.8 Å². The van der Waals surface area contributed by atoms with Crippen molar-refractivity contribution in [2.45, 2.75) is 51.6 Å². The molecule has 1 fully saturated rings. The molecule has 0 bridgehead atoms. The average Bonchev–Trinajstić information content (AvgIpc) is 2.72. The van der Waals surface area contributed by atoms with E-state index in [0.717, 1.165) is 0 Å². The van der Waals surface area contributed by atoms with E-state index >= 15 is 0 Å². The first-order chi connectivity index (χ1) is 15.4. The zero-order chi connectivity index (χ0) is 24.4. The van der Waals surface area contributed by atoms with Crippen LogP contribution in [0.25, 0.3) is 0 Å². The summed E-state index contributed by atoms with van der Waals surface area (Å²) in [5, 5.41) is 2.79. The minimum absolute atomic E-state index is 0.00794. The van der Waals surface area contributed by atoms with Gasteiger partial charge in [0.25, 0.3) is 11.8 Å². The molecule has 1 aliphatic rings. The molecule has 9 heteroatoms. The van der Waals surface area contributed by atoms with Crippen molar-refractivity contribution in [2.24, 2.45) is 0 Å². The molecule has 1 saturated heterocycles. The molecule has 2 N–H and O–H groups in total. The monoisotopic (exact) mass is 473 g/mol. The molecule has 0 aromatic heterocycles. The highest BCUT2D eigenvalue weighted by molar-refractivity contribution is 7.94. The first-order valence-electron chi connectivity index (χ1n) is 10.8. The molecule has 0 aliphatic carbocycles. The molecule has 0 saturated carbocycles. The largest absolute Gasteiger partial charge is 0.372 e. The van der Waals surface area contributed by atoms with Crippen molar-refractivity contribution < 1.29 is 22.7 Å². The summed E-state index contributed by atoms with van der Waals surface area (Å²) < 4.78 is 31.8. The summed E-state index contributed by atoms with van der Waals surface area (Å²) in [5.41, 5.74) is 1.86. The fourth-order valence-electron chi connectivity index (χ4n) is 3.42. The Morgan fingerprint density at radius 3 is 1.88 bits per heavy atom. The lowest BCUT2D eigenvalue weighted by atomic mass is 10.1. The standard InChI is InChI=1S/C24H31N3O5S/c1-16-14-27(15-17(2)32-16)23(29)19-8-10-20(11-9-19)25-22(28)18-6-12-21(13-7-18)26-33(30,31)24(3,4)5/h6-13,16-17,26H,14-15H2,1-5H3,(H,25,28). The van der Waals surface area contributed by atoms with E-state index in [9.17, 15) is 18.0 Å². The predicted molar refractivity (Wildman–Crippen MR) is 129 cm³/mol. The highest BCUT2D eigenvalue weighted by Gasteiger charge is 2.29. The summed E-state index contributed by atoms with van der Waals surface area (Å²) in [6.07, 6.45) is -0.0159.